The molecule has 1 aliphatic heterocycles. The highest BCUT2D eigenvalue weighted by Crippen LogP contribution is 2.15. The van der Waals surface area contributed by atoms with Crippen molar-refractivity contribution in [3.8, 4) is 0 Å². The van der Waals surface area contributed by atoms with Crippen LogP contribution in [0.25, 0.3) is 11.0 Å². The average Bonchev–Trinajstić information content (AvgIpc) is 3.30. The second-order valence-electron chi connectivity index (χ2n) is 8.09. The van der Waals surface area contributed by atoms with Crippen LogP contribution >= 0.6 is 0 Å². The molecule has 0 unspecified atom stereocenters. The van der Waals surface area contributed by atoms with E-state index in [-0.39, 0.29) is 29.4 Å². The summed E-state index contributed by atoms with van der Waals surface area (Å²) in [7, 11) is 0. The first-order chi connectivity index (χ1) is 14.9. The molecule has 2 amide bonds. The molecule has 1 aliphatic rings. The lowest BCUT2D eigenvalue weighted by molar-refractivity contribution is -0.121. The molecular weight excluding hydrogens is 392 g/mol. The van der Waals surface area contributed by atoms with Crippen molar-refractivity contribution in [1.82, 2.24) is 19.8 Å². The van der Waals surface area contributed by atoms with Crippen LogP contribution in [0.2, 0.25) is 0 Å². The van der Waals surface area contributed by atoms with Gasteiger partial charge in [0.05, 0.1) is 5.39 Å². The van der Waals surface area contributed by atoms with Crippen molar-refractivity contribution in [2.24, 2.45) is 0 Å². The first kappa shape index (κ1) is 20.8. The molecule has 0 aliphatic carbocycles. The van der Waals surface area contributed by atoms with Crippen LogP contribution in [0.3, 0.4) is 0 Å². The van der Waals surface area contributed by atoms with E-state index in [9.17, 15) is 14.4 Å². The van der Waals surface area contributed by atoms with Crippen molar-refractivity contribution in [2.45, 2.75) is 39.8 Å². The molecule has 7 nitrogen and oxygen atoms in total. The summed E-state index contributed by atoms with van der Waals surface area (Å²) in [5, 5.41) is 3.25. The largest absolute Gasteiger partial charge is 0.350 e. The summed E-state index contributed by atoms with van der Waals surface area (Å²) >= 11 is 0. The van der Waals surface area contributed by atoms with Crippen molar-refractivity contribution >= 4 is 22.8 Å². The van der Waals surface area contributed by atoms with E-state index < -0.39 is 0 Å². The Kier molecular flexibility index (Phi) is 5.84. The molecule has 2 aromatic heterocycles. The normalized spacial score (nSPS) is 13.5. The second-order valence-corrected chi connectivity index (χ2v) is 8.09. The number of aromatic nitrogens is 2. The van der Waals surface area contributed by atoms with Gasteiger partial charge in [0.1, 0.15) is 17.8 Å². The molecule has 160 valence electrons. The summed E-state index contributed by atoms with van der Waals surface area (Å²) in [6, 6.07) is 11.4. The van der Waals surface area contributed by atoms with E-state index in [2.05, 4.69) is 10.3 Å². The second kappa shape index (κ2) is 8.71. The van der Waals surface area contributed by atoms with Gasteiger partial charge in [0, 0.05) is 31.5 Å². The van der Waals surface area contributed by atoms with E-state index in [4.69, 9.17) is 0 Å². The van der Waals surface area contributed by atoms with Gasteiger partial charge in [0.25, 0.3) is 5.91 Å². The van der Waals surface area contributed by atoms with E-state index in [1.807, 2.05) is 38.1 Å². The number of nitrogens with zero attached hydrogens (tertiary/aromatic N) is 3. The van der Waals surface area contributed by atoms with Crippen LogP contribution in [-0.4, -0.2) is 39.4 Å². The third-order valence-corrected chi connectivity index (χ3v) is 5.61. The molecule has 1 N–H and O–H groups in total. The number of benzene rings is 1. The van der Waals surface area contributed by atoms with Crippen LogP contribution in [0.15, 0.2) is 47.4 Å². The van der Waals surface area contributed by atoms with Crippen molar-refractivity contribution in [3.63, 3.8) is 0 Å². The smallest absolute Gasteiger partial charge is 0.259 e. The lowest BCUT2D eigenvalue weighted by Crippen LogP contribution is -2.34. The predicted molar refractivity (Wildman–Crippen MR) is 119 cm³/mol. The Balaban J connectivity index is 1.63. The molecule has 0 atom stereocenters. The van der Waals surface area contributed by atoms with E-state index >= 15 is 0 Å². The lowest BCUT2D eigenvalue weighted by Gasteiger charge is -2.17. The summed E-state index contributed by atoms with van der Waals surface area (Å²) < 4.78 is 1.61. The molecule has 7 heteroatoms. The number of nitrogens with one attached hydrogen (secondary N) is 1. The van der Waals surface area contributed by atoms with Gasteiger partial charge >= 0.3 is 0 Å². The molecule has 0 bridgehead atoms. The summed E-state index contributed by atoms with van der Waals surface area (Å²) in [6.45, 7) is 5.52. The number of carbonyl (C=O) groups is 2. The van der Waals surface area contributed by atoms with Crippen LogP contribution in [0.5, 0.6) is 0 Å². The van der Waals surface area contributed by atoms with E-state index in [1.54, 1.807) is 21.6 Å². The van der Waals surface area contributed by atoms with Crippen LogP contribution in [0, 0.1) is 13.8 Å². The molecule has 0 spiro atoms. The number of rotatable bonds is 5. The monoisotopic (exact) mass is 418 g/mol. The molecule has 3 aromatic rings. The summed E-state index contributed by atoms with van der Waals surface area (Å²) in [5.41, 5.74) is 3.06. The SMILES string of the molecule is Cc1ccc(CNC(=O)Cn2cc(C(=O)N3CCCC3)c(=O)c3ccc(C)nc32)cc1. The van der Waals surface area contributed by atoms with Crippen LogP contribution in [0.1, 0.15) is 40.0 Å². The zero-order chi connectivity index (χ0) is 22.0. The maximum atomic E-state index is 13.0. The Morgan fingerprint density at radius 2 is 1.74 bits per heavy atom. The highest BCUT2D eigenvalue weighted by molar-refractivity contribution is 5.97. The van der Waals surface area contributed by atoms with Crippen LogP contribution in [0.4, 0.5) is 0 Å². The van der Waals surface area contributed by atoms with Gasteiger partial charge in [-0.25, -0.2) is 4.98 Å². The summed E-state index contributed by atoms with van der Waals surface area (Å²) in [6.07, 6.45) is 3.37. The number of aryl methyl sites for hydroxylation is 2. The van der Waals surface area contributed by atoms with Gasteiger partial charge in [-0.3, -0.25) is 14.4 Å². The molecule has 31 heavy (non-hydrogen) atoms. The molecule has 0 saturated carbocycles. The summed E-state index contributed by atoms with van der Waals surface area (Å²) in [5.74, 6) is -0.493. The number of fused-ring (bicyclic) bond motifs is 1. The molecule has 1 saturated heterocycles. The standard InChI is InChI=1S/C24H26N4O3/c1-16-5-8-18(9-6-16)13-25-21(29)15-28-14-20(24(31)27-11-3-4-12-27)22(30)19-10-7-17(2)26-23(19)28/h5-10,14H,3-4,11-13,15H2,1-2H3,(H,25,29). The number of carbonyl (C=O) groups excluding carboxylic acids is 2. The summed E-state index contributed by atoms with van der Waals surface area (Å²) in [4.78, 5) is 44.8. The molecular formula is C24H26N4O3. The van der Waals surface area contributed by atoms with Crippen molar-refractivity contribution in [1.29, 1.82) is 0 Å². The zero-order valence-corrected chi connectivity index (χ0v) is 17.9. The van der Waals surface area contributed by atoms with Gasteiger partial charge in [-0.1, -0.05) is 29.8 Å². The van der Waals surface area contributed by atoms with Crippen molar-refractivity contribution in [3.05, 3.63) is 75.2 Å². The van der Waals surface area contributed by atoms with Gasteiger partial charge < -0.3 is 14.8 Å². The van der Waals surface area contributed by atoms with Gasteiger partial charge in [-0.15, -0.1) is 0 Å². The Morgan fingerprint density at radius 3 is 2.45 bits per heavy atom. The highest BCUT2D eigenvalue weighted by atomic mass is 16.2. The predicted octanol–water partition coefficient (Wildman–Crippen LogP) is 2.57. The highest BCUT2D eigenvalue weighted by Gasteiger charge is 2.24. The fourth-order valence-corrected chi connectivity index (χ4v) is 3.84. The van der Waals surface area contributed by atoms with Gasteiger partial charge in [0.15, 0.2) is 0 Å². The van der Waals surface area contributed by atoms with Gasteiger partial charge in [-0.2, -0.15) is 0 Å². The maximum Gasteiger partial charge on any atom is 0.259 e. The van der Waals surface area contributed by atoms with Crippen molar-refractivity contribution < 1.29 is 9.59 Å². The number of amides is 2. The molecule has 4 rings (SSSR count). The third kappa shape index (κ3) is 4.50. The van der Waals surface area contributed by atoms with E-state index in [0.717, 1.165) is 29.7 Å². The first-order valence-corrected chi connectivity index (χ1v) is 10.5. The third-order valence-electron chi connectivity index (χ3n) is 5.61. The van der Waals surface area contributed by atoms with E-state index in [0.29, 0.717) is 30.7 Å². The maximum absolute atomic E-state index is 13.0. The number of likely N-dealkylation sites (tertiary alicyclic amines) is 1. The van der Waals surface area contributed by atoms with Crippen LogP contribution < -0.4 is 10.7 Å². The Labute approximate surface area is 180 Å². The Hall–Kier alpha value is -3.48. The number of hydrogen-bond donors (Lipinski definition) is 1. The fraction of sp³-hybridized carbons (Fsp3) is 0.333. The first-order valence-electron chi connectivity index (χ1n) is 10.5. The molecule has 3 heterocycles. The average molecular weight is 418 g/mol. The number of pyridine rings is 2. The van der Waals surface area contributed by atoms with E-state index in [1.165, 1.54) is 6.20 Å². The quantitative estimate of drug-likeness (QED) is 0.690. The molecule has 0 radical (unpaired) electrons. The minimum absolute atomic E-state index is 0.0284. The van der Waals surface area contributed by atoms with Gasteiger partial charge in [0.2, 0.25) is 11.3 Å². The molecule has 1 fully saturated rings. The fourth-order valence-electron chi connectivity index (χ4n) is 3.84. The van der Waals surface area contributed by atoms with Gasteiger partial charge in [-0.05, 0) is 44.4 Å². The minimum Gasteiger partial charge on any atom is -0.350 e. The topological polar surface area (TPSA) is 84.3 Å². The minimum atomic E-state index is -0.337. The lowest BCUT2D eigenvalue weighted by atomic mass is 10.1. The Bertz CT molecular complexity index is 1190. The number of hydrogen-bond acceptors (Lipinski definition) is 4. The zero-order valence-electron chi connectivity index (χ0n) is 17.9. The molecule has 1 aromatic carbocycles. The van der Waals surface area contributed by atoms with Crippen molar-refractivity contribution in [2.75, 3.05) is 13.1 Å². The Morgan fingerprint density at radius 1 is 1.03 bits per heavy atom. The van der Waals surface area contributed by atoms with Crippen LogP contribution in [-0.2, 0) is 17.9 Å².